The summed E-state index contributed by atoms with van der Waals surface area (Å²) in [5.41, 5.74) is 3.84. The first kappa shape index (κ1) is 14.0. The van der Waals surface area contributed by atoms with Crippen molar-refractivity contribution in [1.82, 2.24) is 9.97 Å². The van der Waals surface area contributed by atoms with Gasteiger partial charge in [-0.05, 0) is 36.0 Å². The van der Waals surface area contributed by atoms with E-state index in [0.717, 1.165) is 40.4 Å². The fraction of sp³-hybridized carbons (Fsp3) is 0.294. The minimum atomic E-state index is 0.0143. The van der Waals surface area contributed by atoms with Crippen LogP contribution >= 0.6 is 23.1 Å². The van der Waals surface area contributed by atoms with Crippen LogP contribution in [0.3, 0.4) is 0 Å². The number of hydrogen-bond donors (Lipinski definition) is 1. The van der Waals surface area contributed by atoms with Crippen molar-refractivity contribution in [1.29, 1.82) is 0 Å². The van der Waals surface area contributed by atoms with Gasteiger partial charge < -0.3 is 4.98 Å². The zero-order valence-corrected chi connectivity index (χ0v) is 13.9. The normalized spacial score (nSPS) is 13.1. The van der Waals surface area contributed by atoms with Crippen LogP contribution in [0.2, 0.25) is 0 Å². The third-order valence-corrected chi connectivity index (χ3v) is 6.23. The second-order valence-electron chi connectivity index (χ2n) is 5.47. The second kappa shape index (κ2) is 5.56. The number of aromatic amines is 1. The van der Waals surface area contributed by atoms with Crippen LogP contribution in [-0.2, 0) is 12.8 Å². The molecule has 0 spiro atoms. The van der Waals surface area contributed by atoms with Crippen LogP contribution in [0.15, 0.2) is 34.2 Å². The Kier molecular flexibility index (Phi) is 3.54. The molecule has 0 radical (unpaired) electrons. The molecule has 2 heterocycles. The molecule has 0 atom stereocenters. The standard InChI is InChI=1S/C17H16N2OS2/c1-2-9-21-17-18-15(20)13-12-8-7-10-5-3-4-6-11(10)14(12)22-16(13)19-17/h3-6H,2,7-9H2,1H3,(H,18,19,20). The number of fused-ring (bicyclic) bond motifs is 5. The van der Waals surface area contributed by atoms with E-state index in [0.29, 0.717) is 0 Å². The maximum atomic E-state index is 12.5. The summed E-state index contributed by atoms with van der Waals surface area (Å²) < 4.78 is 0. The van der Waals surface area contributed by atoms with Crippen LogP contribution in [0.1, 0.15) is 24.5 Å². The number of benzene rings is 1. The van der Waals surface area contributed by atoms with Gasteiger partial charge in [-0.2, -0.15) is 0 Å². The zero-order chi connectivity index (χ0) is 15.1. The minimum absolute atomic E-state index is 0.0143. The Balaban J connectivity index is 1.92. The Morgan fingerprint density at radius 1 is 1.32 bits per heavy atom. The lowest BCUT2D eigenvalue weighted by Gasteiger charge is -2.15. The lowest BCUT2D eigenvalue weighted by atomic mass is 9.90. The average molecular weight is 328 g/mol. The summed E-state index contributed by atoms with van der Waals surface area (Å²) in [6, 6.07) is 8.49. The SMILES string of the molecule is CCCSc1nc2sc3c(c2c(=O)[nH]1)CCc1ccccc1-3. The predicted molar refractivity (Wildman–Crippen MR) is 94.1 cm³/mol. The highest BCUT2D eigenvalue weighted by atomic mass is 32.2. The molecule has 0 unspecified atom stereocenters. The molecule has 112 valence electrons. The largest absolute Gasteiger partial charge is 0.301 e. The maximum Gasteiger partial charge on any atom is 0.260 e. The molecule has 0 bridgehead atoms. The van der Waals surface area contributed by atoms with Crippen LogP contribution in [0.4, 0.5) is 0 Å². The van der Waals surface area contributed by atoms with Gasteiger partial charge in [-0.1, -0.05) is 43.0 Å². The fourth-order valence-corrected chi connectivity index (χ4v) is 5.05. The van der Waals surface area contributed by atoms with Gasteiger partial charge in [0.05, 0.1) is 5.39 Å². The van der Waals surface area contributed by atoms with Gasteiger partial charge >= 0.3 is 0 Å². The van der Waals surface area contributed by atoms with E-state index < -0.39 is 0 Å². The summed E-state index contributed by atoms with van der Waals surface area (Å²) in [7, 11) is 0. The fourth-order valence-electron chi connectivity index (χ4n) is 2.99. The van der Waals surface area contributed by atoms with E-state index in [2.05, 4.69) is 41.2 Å². The van der Waals surface area contributed by atoms with Crippen molar-refractivity contribution in [2.75, 3.05) is 5.75 Å². The molecule has 3 aromatic rings. The van der Waals surface area contributed by atoms with E-state index in [4.69, 9.17) is 0 Å². The second-order valence-corrected chi connectivity index (χ2v) is 7.55. The Morgan fingerprint density at radius 2 is 2.18 bits per heavy atom. The molecule has 3 nitrogen and oxygen atoms in total. The number of thioether (sulfide) groups is 1. The van der Waals surface area contributed by atoms with Crippen LogP contribution in [0.25, 0.3) is 20.7 Å². The van der Waals surface area contributed by atoms with Gasteiger partial charge in [-0.25, -0.2) is 4.98 Å². The Bertz CT molecular complexity index is 911. The van der Waals surface area contributed by atoms with Crippen molar-refractivity contribution in [2.45, 2.75) is 31.3 Å². The van der Waals surface area contributed by atoms with Crippen LogP contribution in [0.5, 0.6) is 0 Å². The topological polar surface area (TPSA) is 45.8 Å². The molecule has 0 amide bonds. The molecule has 1 N–H and O–H groups in total. The maximum absolute atomic E-state index is 12.5. The van der Waals surface area contributed by atoms with Crippen molar-refractivity contribution >= 4 is 33.3 Å². The quantitative estimate of drug-likeness (QED) is 0.577. The van der Waals surface area contributed by atoms with E-state index >= 15 is 0 Å². The van der Waals surface area contributed by atoms with Gasteiger partial charge in [-0.3, -0.25) is 4.79 Å². The van der Waals surface area contributed by atoms with Gasteiger partial charge in [0, 0.05) is 10.6 Å². The first-order valence-electron chi connectivity index (χ1n) is 7.54. The summed E-state index contributed by atoms with van der Waals surface area (Å²) >= 11 is 3.28. The number of thiophene rings is 1. The van der Waals surface area contributed by atoms with Crippen molar-refractivity contribution < 1.29 is 0 Å². The average Bonchev–Trinajstić information content (AvgIpc) is 2.92. The molecule has 1 aliphatic carbocycles. The molecule has 0 saturated carbocycles. The van der Waals surface area contributed by atoms with Crippen molar-refractivity contribution in [3.8, 4) is 10.4 Å². The monoisotopic (exact) mass is 328 g/mol. The highest BCUT2D eigenvalue weighted by Crippen LogP contribution is 2.42. The molecule has 22 heavy (non-hydrogen) atoms. The first-order valence-corrected chi connectivity index (χ1v) is 9.35. The molecule has 4 rings (SSSR count). The van der Waals surface area contributed by atoms with E-state index in [9.17, 15) is 4.79 Å². The molecule has 0 aliphatic heterocycles. The molecule has 1 aliphatic rings. The van der Waals surface area contributed by atoms with E-state index in [1.54, 1.807) is 23.1 Å². The third-order valence-electron chi connectivity index (χ3n) is 3.99. The summed E-state index contributed by atoms with van der Waals surface area (Å²) in [6.07, 6.45) is 3.00. The molecular weight excluding hydrogens is 312 g/mol. The minimum Gasteiger partial charge on any atom is -0.301 e. The number of hydrogen-bond acceptors (Lipinski definition) is 4. The van der Waals surface area contributed by atoms with Gasteiger partial charge in [0.2, 0.25) is 0 Å². The summed E-state index contributed by atoms with van der Waals surface area (Å²) in [6.45, 7) is 2.13. The van der Waals surface area contributed by atoms with Gasteiger partial charge in [0.15, 0.2) is 5.16 Å². The molecule has 1 aromatic carbocycles. The van der Waals surface area contributed by atoms with Crippen LogP contribution in [-0.4, -0.2) is 15.7 Å². The number of H-pyrrole nitrogens is 1. The summed E-state index contributed by atoms with van der Waals surface area (Å²) in [5.74, 6) is 0.975. The van der Waals surface area contributed by atoms with Gasteiger partial charge in [-0.15, -0.1) is 11.3 Å². The summed E-state index contributed by atoms with van der Waals surface area (Å²) in [4.78, 5) is 22.2. The molecule has 0 saturated heterocycles. The highest BCUT2D eigenvalue weighted by molar-refractivity contribution is 7.99. The van der Waals surface area contributed by atoms with Crippen LogP contribution < -0.4 is 5.56 Å². The molecule has 5 heteroatoms. The Labute approximate surface area is 136 Å². The number of aromatic nitrogens is 2. The first-order chi connectivity index (χ1) is 10.8. The zero-order valence-electron chi connectivity index (χ0n) is 12.3. The Morgan fingerprint density at radius 3 is 3.05 bits per heavy atom. The van der Waals surface area contributed by atoms with E-state index in [1.807, 2.05) is 0 Å². The highest BCUT2D eigenvalue weighted by Gasteiger charge is 2.23. The van der Waals surface area contributed by atoms with Crippen LogP contribution in [0, 0.1) is 0 Å². The van der Waals surface area contributed by atoms with E-state index in [-0.39, 0.29) is 5.56 Å². The number of nitrogens with one attached hydrogen (secondary N) is 1. The van der Waals surface area contributed by atoms with Crippen molar-refractivity contribution in [3.63, 3.8) is 0 Å². The van der Waals surface area contributed by atoms with Gasteiger partial charge in [0.25, 0.3) is 5.56 Å². The lowest BCUT2D eigenvalue weighted by Crippen LogP contribution is -2.11. The third kappa shape index (κ3) is 2.20. The van der Waals surface area contributed by atoms with E-state index in [1.165, 1.54) is 21.6 Å². The summed E-state index contributed by atoms with van der Waals surface area (Å²) in [5, 5.41) is 1.54. The smallest absolute Gasteiger partial charge is 0.260 e. The number of nitrogens with zero attached hydrogens (tertiary/aromatic N) is 1. The molecular formula is C17H16N2OS2. The number of rotatable bonds is 3. The van der Waals surface area contributed by atoms with Crippen molar-refractivity contribution in [3.05, 3.63) is 45.7 Å². The van der Waals surface area contributed by atoms with Crippen molar-refractivity contribution in [2.24, 2.45) is 0 Å². The Hall–Kier alpha value is -1.59. The lowest BCUT2D eigenvalue weighted by molar-refractivity contribution is 0.942. The molecule has 0 fully saturated rings. The molecule has 2 aromatic heterocycles. The number of aryl methyl sites for hydroxylation is 2. The predicted octanol–water partition coefficient (Wildman–Crippen LogP) is 4.25. The van der Waals surface area contributed by atoms with Gasteiger partial charge in [0.1, 0.15) is 4.83 Å².